The molecule has 1 fully saturated rings. The van der Waals surface area contributed by atoms with Gasteiger partial charge in [-0.25, -0.2) is 4.79 Å². The molecular weight excluding hydrogens is 276 g/mol. The highest BCUT2D eigenvalue weighted by molar-refractivity contribution is 5.86. The van der Waals surface area contributed by atoms with Gasteiger partial charge in [-0.05, 0) is 13.0 Å². The summed E-state index contributed by atoms with van der Waals surface area (Å²) in [7, 11) is 0. The Hall–Kier alpha value is -1.86. The van der Waals surface area contributed by atoms with Crippen molar-refractivity contribution in [3.8, 4) is 0 Å². The van der Waals surface area contributed by atoms with Crippen molar-refractivity contribution in [2.75, 3.05) is 32.8 Å². The number of nitrogens with zero attached hydrogens (tertiary/aromatic N) is 1. The maximum absolute atomic E-state index is 11.9. The molecule has 2 heterocycles. The first kappa shape index (κ1) is 15.5. The second-order valence-electron chi connectivity index (χ2n) is 4.95. The van der Waals surface area contributed by atoms with E-state index in [1.54, 1.807) is 17.9 Å². The standard InChI is InChI=1S/C14H20N2O5/c1-10-8-11(21-13(10)14(18)19)9-15-3-2-12(17)16-4-6-20-7-5-16/h8,15H,2-7,9H2,1H3,(H,18,19). The molecule has 1 amide bonds. The van der Waals surface area contributed by atoms with Crippen LogP contribution in [0.4, 0.5) is 0 Å². The van der Waals surface area contributed by atoms with Crippen LogP contribution in [0.5, 0.6) is 0 Å². The number of morpholine rings is 1. The number of rotatable bonds is 6. The van der Waals surface area contributed by atoms with Crippen LogP contribution in [-0.2, 0) is 16.1 Å². The number of amides is 1. The Labute approximate surface area is 122 Å². The van der Waals surface area contributed by atoms with Crippen molar-refractivity contribution < 1.29 is 23.8 Å². The lowest BCUT2D eigenvalue weighted by atomic mass is 10.2. The zero-order chi connectivity index (χ0) is 15.2. The zero-order valence-corrected chi connectivity index (χ0v) is 12.1. The number of carbonyl (C=O) groups is 2. The van der Waals surface area contributed by atoms with Crippen LogP contribution in [0.1, 0.15) is 28.3 Å². The summed E-state index contributed by atoms with van der Waals surface area (Å²) in [5, 5.41) is 12.0. The first-order valence-corrected chi connectivity index (χ1v) is 6.97. The highest BCUT2D eigenvalue weighted by atomic mass is 16.5. The summed E-state index contributed by atoms with van der Waals surface area (Å²) in [6.45, 7) is 5.13. The van der Waals surface area contributed by atoms with E-state index in [-0.39, 0.29) is 11.7 Å². The smallest absolute Gasteiger partial charge is 0.372 e. The summed E-state index contributed by atoms with van der Waals surface area (Å²) >= 11 is 0. The normalized spacial score (nSPS) is 15.2. The maximum atomic E-state index is 11.9. The number of aryl methyl sites for hydroxylation is 1. The molecule has 1 aliphatic rings. The van der Waals surface area contributed by atoms with Crippen molar-refractivity contribution in [3.05, 3.63) is 23.2 Å². The van der Waals surface area contributed by atoms with Gasteiger partial charge in [0.2, 0.25) is 11.7 Å². The van der Waals surface area contributed by atoms with Gasteiger partial charge in [-0.2, -0.15) is 0 Å². The Balaban J connectivity index is 1.70. The number of nitrogens with one attached hydrogen (secondary N) is 1. The lowest BCUT2D eigenvalue weighted by Gasteiger charge is -2.26. The molecule has 1 aromatic heterocycles. The molecule has 1 saturated heterocycles. The van der Waals surface area contributed by atoms with Crippen LogP contribution in [0.15, 0.2) is 10.5 Å². The summed E-state index contributed by atoms with van der Waals surface area (Å²) in [4.78, 5) is 24.5. The van der Waals surface area contributed by atoms with Gasteiger partial charge in [-0.3, -0.25) is 4.79 Å². The molecule has 116 valence electrons. The Kier molecular flexibility index (Phi) is 5.35. The zero-order valence-electron chi connectivity index (χ0n) is 12.1. The number of hydrogen-bond donors (Lipinski definition) is 2. The van der Waals surface area contributed by atoms with Crippen LogP contribution in [0, 0.1) is 6.92 Å². The van der Waals surface area contributed by atoms with Gasteiger partial charge in [0.15, 0.2) is 0 Å². The number of furan rings is 1. The molecule has 2 N–H and O–H groups in total. The highest BCUT2D eigenvalue weighted by Crippen LogP contribution is 2.14. The average molecular weight is 296 g/mol. The summed E-state index contributed by atoms with van der Waals surface area (Å²) in [5.41, 5.74) is 0.601. The van der Waals surface area contributed by atoms with Crippen molar-refractivity contribution in [2.24, 2.45) is 0 Å². The SMILES string of the molecule is Cc1cc(CNCCC(=O)N2CCOCC2)oc1C(=O)O. The van der Waals surface area contributed by atoms with Crippen molar-refractivity contribution in [2.45, 2.75) is 19.9 Å². The van der Waals surface area contributed by atoms with Crippen LogP contribution in [0.25, 0.3) is 0 Å². The quantitative estimate of drug-likeness (QED) is 0.748. The monoisotopic (exact) mass is 296 g/mol. The summed E-state index contributed by atoms with van der Waals surface area (Å²) < 4.78 is 10.4. The Morgan fingerprint density at radius 2 is 2.10 bits per heavy atom. The van der Waals surface area contributed by atoms with Crippen LogP contribution < -0.4 is 5.32 Å². The van der Waals surface area contributed by atoms with Gasteiger partial charge >= 0.3 is 5.97 Å². The molecule has 0 spiro atoms. The molecule has 2 rings (SSSR count). The number of aromatic carboxylic acids is 1. The number of carboxylic acids is 1. The first-order valence-electron chi connectivity index (χ1n) is 6.97. The van der Waals surface area contributed by atoms with Crippen LogP contribution in [0.2, 0.25) is 0 Å². The minimum atomic E-state index is -1.07. The van der Waals surface area contributed by atoms with E-state index >= 15 is 0 Å². The van der Waals surface area contributed by atoms with Gasteiger partial charge in [0.1, 0.15) is 5.76 Å². The summed E-state index contributed by atoms with van der Waals surface area (Å²) in [6, 6.07) is 1.69. The van der Waals surface area contributed by atoms with E-state index in [2.05, 4.69) is 5.32 Å². The molecule has 1 aliphatic heterocycles. The predicted molar refractivity (Wildman–Crippen MR) is 74.1 cm³/mol. The van der Waals surface area contributed by atoms with E-state index in [4.69, 9.17) is 14.3 Å². The molecule has 1 aromatic rings. The van der Waals surface area contributed by atoms with Crippen molar-refractivity contribution in [1.29, 1.82) is 0 Å². The second-order valence-corrected chi connectivity index (χ2v) is 4.95. The van der Waals surface area contributed by atoms with Gasteiger partial charge in [-0.1, -0.05) is 0 Å². The van der Waals surface area contributed by atoms with Crippen LogP contribution >= 0.6 is 0 Å². The topological polar surface area (TPSA) is 92.0 Å². The number of carbonyl (C=O) groups excluding carboxylic acids is 1. The van der Waals surface area contributed by atoms with Crippen LogP contribution in [-0.4, -0.2) is 54.7 Å². The fourth-order valence-electron chi connectivity index (χ4n) is 2.23. The molecule has 0 atom stereocenters. The number of ether oxygens (including phenoxy) is 1. The maximum Gasteiger partial charge on any atom is 0.372 e. The molecule has 0 unspecified atom stereocenters. The van der Waals surface area contributed by atoms with Gasteiger partial charge in [0, 0.05) is 31.6 Å². The Morgan fingerprint density at radius 1 is 1.38 bits per heavy atom. The van der Waals surface area contributed by atoms with Gasteiger partial charge in [0.25, 0.3) is 0 Å². The summed E-state index contributed by atoms with van der Waals surface area (Å²) in [5.74, 6) is -0.436. The fraction of sp³-hybridized carbons (Fsp3) is 0.571. The van der Waals surface area contributed by atoms with Gasteiger partial charge in [-0.15, -0.1) is 0 Å². The van der Waals surface area contributed by atoms with E-state index in [0.29, 0.717) is 57.1 Å². The van der Waals surface area contributed by atoms with Gasteiger partial charge < -0.3 is 24.5 Å². The van der Waals surface area contributed by atoms with Gasteiger partial charge in [0.05, 0.1) is 19.8 Å². The molecule has 0 bridgehead atoms. The lowest BCUT2D eigenvalue weighted by Crippen LogP contribution is -2.41. The third kappa shape index (κ3) is 4.30. The van der Waals surface area contributed by atoms with E-state index in [1.807, 2.05) is 0 Å². The van der Waals surface area contributed by atoms with E-state index in [1.165, 1.54) is 0 Å². The highest BCUT2D eigenvalue weighted by Gasteiger charge is 2.16. The molecule has 7 nitrogen and oxygen atoms in total. The largest absolute Gasteiger partial charge is 0.475 e. The summed E-state index contributed by atoms with van der Waals surface area (Å²) in [6.07, 6.45) is 0.408. The van der Waals surface area contributed by atoms with Crippen LogP contribution in [0.3, 0.4) is 0 Å². The molecule has 0 aromatic carbocycles. The average Bonchev–Trinajstić information content (AvgIpc) is 2.85. The third-order valence-corrected chi connectivity index (χ3v) is 3.34. The lowest BCUT2D eigenvalue weighted by molar-refractivity contribution is -0.135. The second kappa shape index (κ2) is 7.24. The number of hydrogen-bond acceptors (Lipinski definition) is 5. The number of carboxylic acid groups (broad SMARTS) is 1. The van der Waals surface area contributed by atoms with E-state index in [0.717, 1.165) is 0 Å². The first-order chi connectivity index (χ1) is 10.1. The molecule has 0 radical (unpaired) electrons. The minimum absolute atomic E-state index is 0.0313. The Morgan fingerprint density at radius 3 is 2.71 bits per heavy atom. The fourth-order valence-corrected chi connectivity index (χ4v) is 2.23. The van der Waals surface area contributed by atoms with Crippen molar-refractivity contribution in [1.82, 2.24) is 10.2 Å². The van der Waals surface area contributed by atoms with E-state index < -0.39 is 5.97 Å². The third-order valence-electron chi connectivity index (χ3n) is 3.34. The molecular formula is C14H20N2O5. The van der Waals surface area contributed by atoms with E-state index in [9.17, 15) is 9.59 Å². The van der Waals surface area contributed by atoms with Crippen molar-refractivity contribution in [3.63, 3.8) is 0 Å². The molecule has 21 heavy (non-hydrogen) atoms. The minimum Gasteiger partial charge on any atom is -0.475 e. The molecule has 0 aliphatic carbocycles. The molecule has 7 heteroatoms. The Bertz CT molecular complexity index is 505. The molecule has 0 saturated carbocycles. The predicted octanol–water partition coefficient (Wildman–Crippen LogP) is 0.625. The van der Waals surface area contributed by atoms with Crippen molar-refractivity contribution >= 4 is 11.9 Å².